The summed E-state index contributed by atoms with van der Waals surface area (Å²) in [6.45, 7) is 0. The first-order chi connectivity index (χ1) is 12.0. The maximum absolute atomic E-state index is 12.6. The van der Waals surface area contributed by atoms with Gasteiger partial charge < -0.3 is 11.1 Å². The minimum atomic E-state index is -0.371. The molecule has 0 saturated heterocycles. The molecule has 3 aromatic rings. The summed E-state index contributed by atoms with van der Waals surface area (Å²) in [5, 5.41) is 3.64. The lowest BCUT2D eigenvalue weighted by Gasteiger charge is -2.12. The molecule has 3 N–H and O–H groups in total. The molecule has 6 heteroatoms. The molecule has 3 rings (SSSR count). The van der Waals surface area contributed by atoms with E-state index in [0.717, 1.165) is 11.1 Å². The van der Waals surface area contributed by atoms with Crippen LogP contribution in [0.2, 0.25) is 10.0 Å². The fourth-order valence-electron chi connectivity index (χ4n) is 2.46. The number of nitrogens with two attached hydrogens (primary N) is 1. The van der Waals surface area contributed by atoms with Crippen LogP contribution in [-0.4, -0.2) is 10.9 Å². The van der Waals surface area contributed by atoms with Gasteiger partial charge in [0.1, 0.15) is 5.82 Å². The second-order valence-electron chi connectivity index (χ2n) is 5.50. The van der Waals surface area contributed by atoms with Gasteiger partial charge in [-0.15, -0.1) is 0 Å². The van der Waals surface area contributed by atoms with Gasteiger partial charge in [-0.3, -0.25) is 4.79 Å². The number of hydrogen-bond acceptors (Lipinski definition) is 3. The van der Waals surface area contributed by atoms with Crippen LogP contribution in [0.15, 0.2) is 60.8 Å². The largest absolute Gasteiger partial charge is 0.398 e. The number of nitrogens with zero attached hydrogens (tertiary/aromatic N) is 1. The second kappa shape index (κ2) is 7.55. The standard InChI is InChI=1S/C19H15Cl2N3O/c20-14-6-7-17(23-11-14)24-19(25)16-10-15(21)9-13(18(16)22)8-12-4-2-1-3-5-12/h1-7,9-11H,8,22H2,(H,23,24,25). The number of pyridine rings is 1. The molecular weight excluding hydrogens is 357 g/mol. The average Bonchev–Trinajstić information content (AvgIpc) is 2.60. The molecule has 0 bridgehead atoms. The van der Waals surface area contributed by atoms with Crippen LogP contribution < -0.4 is 11.1 Å². The molecule has 0 aliphatic carbocycles. The van der Waals surface area contributed by atoms with Crippen LogP contribution in [-0.2, 0) is 6.42 Å². The maximum atomic E-state index is 12.6. The SMILES string of the molecule is Nc1c(Cc2ccccc2)cc(Cl)cc1C(=O)Nc1ccc(Cl)cn1. The Bertz CT molecular complexity index is 897. The average molecular weight is 372 g/mol. The molecule has 1 heterocycles. The highest BCUT2D eigenvalue weighted by molar-refractivity contribution is 6.31. The van der Waals surface area contributed by atoms with Gasteiger partial charge in [-0.2, -0.15) is 0 Å². The smallest absolute Gasteiger partial charge is 0.258 e. The van der Waals surface area contributed by atoms with Gasteiger partial charge in [-0.1, -0.05) is 53.5 Å². The Kier molecular flexibility index (Phi) is 5.22. The maximum Gasteiger partial charge on any atom is 0.258 e. The second-order valence-corrected chi connectivity index (χ2v) is 6.38. The minimum absolute atomic E-state index is 0.315. The molecule has 1 amide bonds. The Hall–Kier alpha value is -2.56. The van der Waals surface area contributed by atoms with E-state index in [4.69, 9.17) is 28.9 Å². The first-order valence-electron chi connectivity index (χ1n) is 7.57. The Morgan fingerprint density at radius 3 is 2.48 bits per heavy atom. The molecule has 0 spiro atoms. The van der Waals surface area contributed by atoms with Crippen molar-refractivity contribution in [1.82, 2.24) is 4.98 Å². The fourth-order valence-corrected chi connectivity index (χ4v) is 2.81. The van der Waals surface area contributed by atoms with E-state index in [9.17, 15) is 4.79 Å². The zero-order valence-corrected chi connectivity index (χ0v) is 14.7. The van der Waals surface area contributed by atoms with Crippen LogP contribution in [0.3, 0.4) is 0 Å². The van der Waals surface area contributed by atoms with E-state index in [0.29, 0.717) is 33.5 Å². The van der Waals surface area contributed by atoms with E-state index in [2.05, 4.69) is 10.3 Å². The third-order valence-corrected chi connectivity index (χ3v) is 4.12. The Morgan fingerprint density at radius 2 is 1.80 bits per heavy atom. The van der Waals surface area contributed by atoms with Crippen LogP contribution >= 0.6 is 23.2 Å². The Labute approximate surface area is 155 Å². The number of rotatable bonds is 4. The molecule has 0 fully saturated rings. The minimum Gasteiger partial charge on any atom is -0.398 e. The number of aromatic nitrogens is 1. The Morgan fingerprint density at radius 1 is 1.04 bits per heavy atom. The number of nitrogens with one attached hydrogen (secondary N) is 1. The van der Waals surface area contributed by atoms with Crippen LogP contribution in [0, 0.1) is 0 Å². The van der Waals surface area contributed by atoms with Crippen LogP contribution in [0.1, 0.15) is 21.5 Å². The highest BCUT2D eigenvalue weighted by Gasteiger charge is 2.15. The van der Waals surface area contributed by atoms with Gasteiger partial charge in [0.2, 0.25) is 0 Å². The summed E-state index contributed by atoms with van der Waals surface area (Å²) in [6.07, 6.45) is 2.05. The summed E-state index contributed by atoms with van der Waals surface area (Å²) >= 11 is 12.0. The van der Waals surface area contributed by atoms with E-state index >= 15 is 0 Å². The molecule has 126 valence electrons. The summed E-state index contributed by atoms with van der Waals surface area (Å²) < 4.78 is 0. The van der Waals surface area contributed by atoms with Crippen molar-refractivity contribution in [2.45, 2.75) is 6.42 Å². The number of amides is 1. The molecule has 4 nitrogen and oxygen atoms in total. The molecule has 0 saturated carbocycles. The number of anilines is 2. The quantitative estimate of drug-likeness (QED) is 0.646. The van der Waals surface area contributed by atoms with Crippen molar-refractivity contribution in [1.29, 1.82) is 0 Å². The van der Waals surface area contributed by atoms with Gasteiger partial charge >= 0.3 is 0 Å². The van der Waals surface area contributed by atoms with E-state index in [1.807, 2.05) is 30.3 Å². The number of halogens is 2. The summed E-state index contributed by atoms with van der Waals surface area (Å²) in [6, 6.07) is 16.4. The number of carbonyl (C=O) groups excluding carboxylic acids is 1. The molecule has 0 unspecified atom stereocenters. The third-order valence-electron chi connectivity index (χ3n) is 3.68. The third kappa shape index (κ3) is 4.29. The van der Waals surface area contributed by atoms with Gasteiger partial charge in [0.05, 0.1) is 10.6 Å². The predicted octanol–water partition coefficient (Wildman–Crippen LogP) is 4.81. The summed E-state index contributed by atoms with van der Waals surface area (Å²) in [5.41, 5.74) is 8.82. The number of hydrogen-bond donors (Lipinski definition) is 2. The summed E-state index contributed by atoms with van der Waals surface area (Å²) in [4.78, 5) is 16.6. The van der Waals surface area contributed by atoms with E-state index in [1.165, 1.54) is 6.20 Å². The molecule has 0 aliphatic heterocycles. The fraction of sp³-hybridized carbons (Fsp3) is 0.0526. The van der Waals surface area contributed by atoms with Crippen molar-refractivity contribution in [2.24, 2.45) is 0 Å². The normalized spacial score (nSPS) is 10.5. The van der Waals surface area contributed by atoms with Crippen molar-refractivity contribution in [3.05, 3.63) is 87.5 Å². The monoisotopic (exact) mass is 371 g/mol. The van der Waals surface area contributed by atoms with Crippen LogP contribution in [0.4, 0.5) is 11.5 Å². The van der Waals surface area contributed by atoms with Gasteiger partial charge in [0.25, 0.3) is 5.91 Å². The summed E-state index contributed by atoms with van der Waals surface area (Å²) in [7, 11) is 0. The molecule has 1 aromatic heterocycles. The van der Waals surface area contributed by atoms with Gasteiger partial charge in [0.15, 0.2) is 0 Å². The highest BCUT2D eigenvalue weighted by Crippen LogP contribution is 2.26. The zero-order valence-electron chi connectivity index (χ0n) is 13.2. The highest BCUT2D eigenvalue weighted by atomic mass is 35.5. The number of benzene rings is 2. The number of carbonyl (C=O) groups is 1. The van der Waals surface area contributed by atoms with E-state index in [1.54, 1.807) is 24.3 Å². The van der Waals surface area contributed by atoms with Gasteiger partial charge in [0, 0.05) is 16.9 Å². The van der Waals surface area contributed by atoms with Gasteiger partial charge in [-0.05, 0) is 41.8 Å². The van der Waals surface area contributed by atoms with Crippen molar-refractivity contribution in [2.75, 3.05) is 11.1 Å². The molecule has 0 aliphatic rings. The first kappa shape index (κ1) is 17.3. The van der Waals surface area contributed by atoms with Crippen molar-refractivity contribution >= 4 is 40.6 Å². The lowest BCUT2D eigenvalue weighted by molar-refractivity contribution is 0.102. The molecular formula is C19H15Cl2N3O. The molecule has 0 atom stereocenters. The predicted molar refractivity (Wildman–Crippen MR) is 102 cm³/mol. The van der Waals surface area contributed by atoms with Crippen LogP contribution in [0.5, 0.6) is 0 Å². The lowest BCUT2D eigenvalue weighted by Crippen LogP contribution is -2.16. The summed E-state index contributed by atoms with van der Waals surface area (Å²) in [5.74, 6) is 0.0162. The van der Waals surface area contributed by atoms with Gasteiger partial charge in [-0.25, -0.2) is 4.98 Å². The molecule has 0 radical (unpaired) electrons. The van der Waals surface area contributed by atoms with E-state index in [-0.39, 0.29) is 5.91 Å². The van der Waals surface area contributed by atoms with Crippen molar-refractivity contribution in [3.8, 4) is 0 Å². The first-order valence-corrected chi connectivity index (χ1v) is 8.33. The Balaban J connectivity index is 1.88. The van der Waals surface area contributed by atoms with E-state index < -0.39 is 0 Å². The lowest BCUT2D eigenvalue weighted by atomic mass is 10.00. The zero-order chi connectivity index (χ0) is 17.8. The van der Waals surface area contributed by atoms with Crippen LogP contribution in [0.25, 0.3) is 0 Å². The topological polar surface area (TPSA) is 68.0 Å². The molecule has 2 aromatic carbocycles. The molecule has 25 heavy (non-hydrogen) atoms. The van der Waals surface area contributed by atoms with Crippen molar-refractivity contribution in [3.63, 3.8) is 0 Å². The number of nitrogen functional groups attached to an aromatic ring is 1. The van der Waals surface area contributed by atoms with Crippen molar-refractivity contribution < 1.29 is 4.79 Å².